The highest BCUT2D eigenvalue weighted by Gasteiger charge is 2.45. The molecule has 124 valence electrons. The Kier molecular flexibility index (Phi) is 4.21. The van der Waals surface area contributed by atoms with Crippen LogP contribution in [0.3, 0.4) is 0 Å². The first-order valence-electron chi connectivity index (χ1n) is 7.93. The largest absolute Gasteiger partial charge is 0.347 e. The third-order valence-corrected chi connectivity index (χ3v) is 4.46. The number of aryl methyl sites for hydroxylation is 1. The van der Waals surface area contributed by atoms with Crippen molar-refractivity contribution in [3.05, 3.63) is 36.4 Å². The molecule has 0 radical (unpaired) electrons. The molecule has 0 aromatic carbocycles. The van der Waals surface area contributed by atoms with Crippen LogP contribution in [0, 0.1) is 0 Å². The van der Waals surface area contributed by atoms with Crippen LogP contribution in [0.5, 0.6) is 0 Å². The Morgan fingerprint density at radius 3 is 2.83 bits per heavy atom. The van der Waals surface area contributed by atoms with Gasteiger partial charge in [0.25, 0.3) is 5.91 Å². The topological polar surface area (TPSA) is 59.2 Å². The predicted octanol–water partition coefficient (Wildman–Crippen LogP) is 0.696. The molecule has 1 amide bonds. The van der Waals surface area contributed by atoms with Gasteiger partial charge in [0.05, 0.1) is 6.20 Å². The zero-order valence-electron chi connectivity index (χ0n) is 14.0. The predicted molar refractivity (Wildman–Crippen MR) is 86.6 cm³/mol. The lowest BCUT2D eigenvalue weighted by Gasteiger charge is -2.42. The van der Waals surface area contributed by atoms with Crippen LogP contribution in [0.2, 0.25) is 0 Å². The van der Waals surface area contributed by atoms with Gasteiger partial charge < -0.3 is 4.90 Å². The van der Waals surface area contributed by atoms with E-state index >= 15 is 0 Å². The van der Waals surface area contributed by atoms with Gasteiger partial charge >= 0.3 is 0 Å². The molecule has 3 rings (SSSR count). The third kappa shape index (κ3) is 3.01. The van der Waals surface area contributed by atoms with Crippen LogP contribution in [-0.4, -0.2) is 62.5 Å². The molecule has 1 saturated heterocycles. The highest BCUT2D eigenvalue weighted by molar-refractivity contribution is 5.84. The molecular formula is C16H24N6O. The second kappa shape index (κ2) is 6.16. The van der Waals surface area contributed by atoms with Gasteiger partial charge in [-0.15, -0.1) is 0 Å². The first-order valence-corrected chi connectivity index (χ1v) is 7.93. The Morgan fingerprint density at radius 1 is 1.39 bits per heavy atom. The van der Waals surface area contributed by atoms with Crippen molar-refractivity contribution >= 4 is 5.91 Å². The summed E-state index contributed by atoms with van der Waals surface area (Å²) >= 11 is 0. The van der Waals surface area contributed by atoms with Crippen molar-refractivity contribution in [1.29, 1.82) is 0 Å². The lowest BCUT2D eigenvalue weighted by molar-refractivity contribution is -0.142. The number of rotatable bonds is 4. The molecule has 2 aromatic rings. The Bertz CT molecular complexity index is 662. The van der Waals surface area contributed by atoms with E-state index in [0.717, 1.165) is 25.9 Å². The lowest BCUT2D eigenvalue weighted by Crippen LogP contribution is -2.58. The number of piperidine rings is 1. The number of hydrogen-bond donors (Lipinski definition) is 0. The quantitative estimate of drug-likeness (QED) is 0.833. The molecule has 1 atom stereocenters. The van der Waals surface area contributed by atoms with Crippen LogP contribution >= 0.6 is 0 Å². The number of nitrogens with zero attached hydrogens (tertiary/aromatic N) is 6. The molecule has 0 bridgehead atoms. The van der Waals surface area contributed by atoms with Crippen molar-refractivity contribution in [2.45, 2.75) is 24.9 Å². The Morgan fingerprint density at radius 2 is 2.22 bits per heavy atom. The fourth-order valence-corrected chi connectivity index (χ4v) is 3.47. The monoisotopic (exact) mass is 316 g/mol. The number of likely N-dealkylation sites (N-methyl/N-ethyl adjacent to an activating group) is 1. The van der Waals surface area contributed by atoms with E-state index in [2.05, 4.69) is 15.1 Å². The number of amides is 1. The van der Waals surface area contributed by atoms with Crippen LogP contribution in [0.4, 0.5) is 0 Å². The highest BCUT2D eigenvalue weighted by atomic mass is 16.2. The minimum atomic E-state index is -0.618. The van der Waals surface area contributed by atoms with E-state index in [0.29, 0.717) is 6.54 Å². The minimum Gasteiger partial charge on any atom is -0.347 e. The zero-order valence-corrected chi connectivity index (χ0v) is 14.0. The number of aromatic nitrogens is 4. The second-order valence-electron chi connectivity index (χ2n) is 6.52. The molecule has 0 aliphatic carbocycles. The van der Waals surface area contributed by atoms with E-state index in [1.165, 1.54) is 5.56 Å². The normalized spacial score (nSPS) is 22.2. The summed E-state index contributed by atoms with van der Waals surface area (Å²) in [5.41, 5.74) is 0.550. The fraction of sp³-hybridized carbons (Fsp3) is 0.562. The number of carbonyl (C=O) groups excluding carboxylic acids is 1. The first-order chi connectivity index (χ1) is 11.0. The molecule has 1 aliphatic rings. The van der Waals surface area contributed by atoms with Gasteiger partial charge in [-0.2, -0.15) is 10.2 Å². The lowest BCUT2D eigenvalue weighted by atomic mass is 9.87. The van der Waals surface area contributed by atoms with E-state index in [-0.39, 0.29) is 5.91 Å². The smallest absolute Gasteiger partial charge is 0.251 e. The molecule has 0 saturated carbocycles. The molecule has 1 fully saturated rings. The van der Waals surface area contributed by atoms with Gasteiger partial charge in [0.15, 0.2) is 5.54 Å². The summed E-state index contributed by atoms with van der Waals surface area (Å²) in [4.78, 5) is 16.9. The SMILES string of the molecule is CN(C)C(=O)C1(n2cccn2)CCCN(Cc2cnn(C)c2)C1. The van der Waals surface area contributed by atoms with E-state index in [9.17, 15) is 4.79 Å². The van der Waals surface area contributed by atoms with Crippen molar-refractivity contribution in [3.63, 3.8) is 0 Å². The van der Waals surface area contributed by atoms with Crippen molar-refractivity contribution in [1.82, 2.24) is 29.4 Å². The van der Waals surface area contributed by atoms with Crippen LogP contribution in [-0.2, 0) is 23.9 Å². The van der Waals surface area contributed by atoms with E-state index in [4.69, 9.17) is 0 Å². The van der Waals surface area contributed by atoms with Gasteiger partial charge in [-0.3, -0.25) is 19.1 Å². The molecule has 1 aliphatic heterocycles. The van der Waals surface area contributed by atoms with Gasteiger partial charge in [0.1, 0.15) is 0 Å². The highest BCUT2D eigenvalue weighted by Crippen LogP contribution is 2.30. The van der Waals surface area contributed by atoms with Gasteiger partial charge in [-0.1, -0.05) is 0 Å². The maximum Gasteiger partial charge on any atom is 0.251 e. The van der Waals surface area contributed by atoms with E-state index < -0.39 is 5.54 Å². The average Bonchev–Trinajstić information content (AvgIpc) is 3.18. The molecule has 2 aromatic heterocycles. The Hall–Kier alpha value is -2.15. The second-order valence-corrected chi connectivity index (χ2v) is 6.52. The van der Waals surface area contributed by atoms with Crippen LogP contribution < -0.4 is 0 Å². The van der Waals surface area contributed by atoms with Crippen molar-refractivity contribution < 1.29 is 4.79 Å². The maximum absolute atomic E-state index is 12.9. The van der Waals surface area contributed by atoms with Crippen molar-refractivity contribution in [2.75, 3.05) is 27.2 Å². The summed E-state index contributed by atoms with van der Waals surface area (Å²) in [6.07, 6.45) is 9.34. The maximum atomic E-state index is 12.9. The van der Waals surface area contributed by atoms with E-state index in [1.807, 2.05) is 55.2 Å². The molecule has 7 nitrogen and oxygen atoms in total. The molecule has 0 spiro atoms. The molecule has 23 heavy (non-hydrogen) atoms. The van der Waals surface area contributed by atoms with Gasteiger partial charge in [0, 0.05) is 58.4 Å². The van der Waals surface area contributed by atoms with Crippen LogP contribution in [0.15, 0.2) is 30.9 Å². The summed E-state index contributed by atoms with van der Waals surface area (Å²) in [5.74, 6) is 0.108. The standard InChI is InChI=1S/C16H24N6O/c1-19(2)15(23)16(22-9-5-7-17-22)6-4-8-21(13-16)12-14-10-18-20(3)11-14/h5,7,9-11H,4,6,8,12-13H2,1-3H3. The summed E-state index contributed by atoms with van der Waals surface area (Å²) in [7, 11) is 5.55. The number of likely N-dealkylation sites (tertiary alicyclic amines) is 1. The van der Waals surface area contributed by atoms with Crippen molar-refractivity contribution in [3.8, 4) is 0 Å². The number of carbonyl (C=O) groups is 1. The summed E-state index contributed by atoms with van der Waals surface area (Å²) < 4.78 is 3.65. The summed E-state index contributed by atoms with van der Waals surface area (Å²) in [6.45, 7) is 2.46. The third-order valence-electron chi connectivity index (χ3n) is 4.46. The van der Waals surface area contributed by atoms with Crippen molar-refractivity contribution in [2.24, 2.45) is 7.05 Å². The first kappa shape index (κ1) is 15.7. The van der Waals surface area contributed by atoms with E-state index in [1.54, 1.807) is 11.1 Å². The number of hydrogen-bond acceptors (Lipinski definition) is 4. The fourth-order valence-electron chi connectivity index (χ4n) is 3.47. The zero-order chi connectivity index (χ0) is 16.4. The average molecular weight is 316 g/mol. The molecule has 3 heterocycles. The molecule has 0 N–H and O–H groups in total. The summed E-state index contributed by atoms with van der Waals surface area (Å²) in [6, 6.07) is 1.88. The molecular weight excluding hydrogens is 292 g/mol. The van der Waals surface area contributed by atoms with Crippen LogP contribution in [0.25, 0.3) is 0 Å². The minimum absolute atomic E-state index is 0.108. The molecule has 1 unspecified atom stereocenters. The summed E-state index contributed by atoms with van der Waals surface area (Å²) in [5, 5.41) is 8.62. The van der Waals surface area contributed by atoms with Crippen LogP contribution in [0.1, 0.15) is 18.4 Å². The Labute approximate surface area is 136 Å². The van der Waals surface area contributed by atoms with Gasteiger partial charge in [-0.25, -0.2) is 0 Å². The molecule has 7 heteroatoms. The Balaban J connectivity index is 1.86. The van der Waals surface area contributed by atoms with Gasteiger partial charge in [-0.05, 0) is 25.5 Å². The van der Waals surface area contributed by atoms with Gasteiger partial charge in [0.2, 0.25) is 0 Å².